The number of fused-ring (bicyclic) bond motifs is 1. The summed E-state index contributed by atoms with van der Waals surface area (Å²) >= 11 is 0. The Bertz CT molecular complexity index is 1330. The van der Waals surface area contributed by atoms with Gasteiger partial charge in [-0.25, -0.2) is 9.48 Å². The lowest BCUT2D eigenvalue weighted by molar-refractivity contribution is -0.142. The normalized spacial score (nSPS) is 14.4. The van der Waals surface area contributed by atoms with Crippen molar-refractivity contribution in [3.05, 3.63) is 76.2 Å². The number of aromatic carboxylic acids is 1. The van der Waals surface area contributed by atoms with Gasteiger partial charge in [0.1, 0.15) is 11.4 Å². The highest BCUT2D eigenvalue weighted by Gasteiger charge is 2.44. The molecule has 0 unspecified atom stereocenters. The fourth-order valence-corrected chi connectivity index (χ4v) is 4.01. The number of carboxylic acid groups (broad SMARTS) is 1. The van der Waals surface area contributed by atoms with Gasteiger partial charge in [0.2, 0.25) is 0 Å². The van der Waals surface area contributed by atoms with Crippen LogP contribution in [0.4, 0.5) is 32.2 Å². The van der Waals surface area contributed by atoms with Gasteiger partial charge in [0, 0.05) is 19.3 Å². The Morgan fingerprint density at radius 2 is 1.81 bits per heavy atom. The summed E-state index contributed by atoms with van der Waals surface area (Å²) in [7, 11) is 0. The minimum absolute atomic E-state index is 0.00157. The number of aromatic nitrogens is 3. The maximum absolute atomic E-state index is 13.8. The molecule has 2 aromatic heterocycles. The minimum atomic E-state index is -4.98. The molecule has 1 amide bonds. The predicted molar refractivity (Wildman–Crippen MR) is 117 cm³/mol. The third-order valence-corrected chi connectivity index (χ3v) is 5.75. The first-order chi connectivity index (χ1) is 17.3. The number of benzene rings is 1. The molecule has 3 heterocycles. The van der Waals surface area contributed by atoms with Gasteiger partial charge < -0.3 is 15.3 Å². The lowest BCUT2D eigenvalue weighted by Gasteiger charge is -2.21. The maximum atomic E-state index is 13.8. The maximum Gasteiger partial charge on any atom is 0.436 e. The standard InChI is InChI=1S/C23H19F6N5O3/c1-12(16-6-5-14(10-30-16)21(36)37)31-19(35)17-18(23(27,28)29)32-34-8-7-33(20(17)34)11-13-3-2-4-15(9-13)22(24,25)26/h2-6,9-10,12H,7-8,11H2,1H3,(H,31,35)(H,36,37)/t12-/m0/s1. The zero-order valence-corrected chi connectivity index (χ0v) is 19.1. The van der Waals surface area contributed by atoms with Crippen LogP contribution in [0.5, 0.6) is 0 Å². The van der Waals surface area contributed by atoms with Crippen LogP contribution in [-0.4, -0.2) is 38.3 Å². The van der Waals surface area contributed by atoms with Crippen molar-refractivity contribution in [2.24, 2.45) is 0 Å². The smallest absolute Gasteiger partial charge is 0.436 e. The first-order valence-corrected chi connectivity index (χ1v) is 10.8. The fraction of sp³-hybridized carbons (Fsp3) is 0.304. The molecule has 0 bridgehead atoms. The Balaban J connectivity index is 1.65. The van der Waals surface area contributed by atoms with Crippen molar-refractivity contribution in [2.45, 2.75) is 38.4 Å². The van der Waals surface area contributed by atoms with E-state index < -0.39 is 47.1 Å². The zero-order chi connectivity index (χ0) is 27.1. The van der Waals surface area contributed by atoms with E-state index >= 15 is 0 Å². The number of nitrogens with one attached hydrogen (secondary N) is 1. The summed E-state index contributed by atoms with van der Waals surface area (Å²) in [5.41, 5.74) is -2.79. The van der Waals surface area contributed by atoms with E-state index in [-0.39, 0.29) is 42.3 Å². The van der Waals surface area contributed by atoms with Gasteiger partial charge in [0.05, 0.1) is 29.4 Å². The van der Waals surface area contributed by atoms with E-state index in [0.717, 1.165) is 23.0 Å². The van der Waals surface area contributed by atoms with Crippen LogP contribution in [-0.2, 0) is 25.4 Å². The van der Waals surface area contributed by atoms with Gasteiger partial charge in [0.15, 0.2) is 5.69 Å². The van der Waals surface area contributed by atoms with Gasteiger partial charge in [-0.05, 0) is 36.8 Å². The van der Waals surface area contributed by atoms with Gasteiger partial charge in [0.25, 0.3) is 5.91 Å². The number of hydrogen-bond donors (Lipinski definition) is 2. The summed E-state index contributed by atoms with van der Waals surface area (Å²) in [6.45, 7) is 1.40. The molecule has 196 valence electrons. The Kier molecular flexibility index (Phi) is 6.60. The number of hydrogen-bond acceptors (Lipinski definition) is 5. The van der Waals surface area contributed by atoms with Crippen LogP contribution in [0.15, 0.2) is 42.6 Å². The number of pyridine rings is 1. The van der Waals surface area contributed by atoms with Crippen molar-refractivity contribution in [3.8, 4) is 0 Å². The van der Waals surface area contributed by atoms with Gasteiger partial charge in [-0.1, -0.05) is 12.1 Å². The second kappa shape index (κ2) is 9.41. The highest BCUT2D eigenvalue weighted by atomic mass is 19.4. The topological polar surface area (TPSA) is 100 Å². The fourth-order valence-electron chi connectivity index (χ4n) is 4.01. The number of nitrogens with zero attached hydrogens (tertiary/aromatic N) is 4. The predicted octanol–water partition coefficient (Wildman–Crippen LogP) is 4.53. The number of halogens is 6. The average molecular weight is 527 g/mol. The molecule has 37 heavy (non-hydrogen) atoms. The molecule has 1 aliphatic rings. The van der Waals surface area contributed by atoms with Crippen LogP contribution in [0.3, 0.4) is 0 Å². The van der Waals surface area contributed by atoms with E-state index in [0.29, 0.717) is 0 Å². The Morgan fingerprint density at radius 3 is 2.41 bits per heavy atom. The van der Waals surface area contributed by atoms with E-state index in [1.807, 2.05) is 0 Å². The molecular formula is C23H19F6N5O3. The van der Waals surface area contributed by atoms with E-state index in [1.165, 1.54) is 36.1 Å². The van der Waals surface area contributed by atoms with Crippen molar-refractivity contribution < 1.29 is 41.0 Å². The molecule has 2 N–H and O–H groups in total. The van der Waals surface area contributed by atoms with Crippen LogP contribution in [0.1, 0.15) is 56.2 Å². The monoisotopic (exact) mass is 527 g/mol. The van der Waals surface area contributed by atoms with Crippen molar-refractivity contribution in [2.75, 3.05) is 11.4 Å². The number of rotatable bonds is 6. The van der Waals surface area contributed by atoms with Gasteiger partial charge in [-0.2, -0.15) is 31.4 Å². The molecular weight excluding hydrogens is 508 g/mol. The number of carboxylic acids is 1. The molecule has 3 aromatic rings. The van der Waals surface area contributed by atoms with Crippen molar-refractivity contribution in [1.29, 1.82) is 0 Å². The molecule has 1 aromatic carbocycles. The molecule has 4 rings (SSSR count). The Hall–Kier alpha value is -4.10. The molecule has 14 heteroatoms. The van der Waals surface area contributed by atoms with E-state index in [2.05, 4.69) is 15.4 Å². The summed E-state index contributed by atoms with van der Waals surface area (Å²) in [5, 5.41) is 15.0. The van der Waals surface area contributed by atoms with Crippen LogP contribution in [0.25, 0.3) is 0 Å². The third kappa shape index (κ3) is 5.37. The van der Waals surface area contributed by atoms with Crippen molar-refractivity contribution in [1.82, 2.24) is 20.1 Å². The van der Waals surface area contributed by atoms with Crippen molar-refractivity contribution in [3.63, 3.8) is 0 Å². The molecule has 0 fully saturated rings. The number of anilines is 1. The molecule has 1 aliphatic heterocycles. The summed E-state index contributed by atoms with van der Waals surface area (Å²) < 4.78 is 81.8. The quantitative estimate of drug-likeness (QED) is 0.457. The SMILES string of the molecule is C[C@H](NC(=O)c1c(C(F)(F)F)nn2c1N(Cc1cccc(C(F)(F)F)c1)CC2)c1ccc(C(=O)O)cn1. The first-order valence-electron chi connectivity index (χ1n) is 10.8. The third-order valence-electron chi connectivity index (χ3n) is 5.75. The zero-order valence-electron chi connectivity index (χ0n) is 19.1. The molecule has 0 saturated heterocycles. The number of amides is 1. The highest BCUT2D eigenvalue weighted by molar-refractivity contribution is 6.01. The Morgan fingerprint density at radius 1 is 1.08 bits per heavy atom. The summed E-state index contributed by atoms with van der Waals surface area (Å²) in [6, 6.07) is 6.06. The lowest BCUT2D eigenvalue weighted by atomic mass is 10.1. The van der Waals surface area contributed by atoms with Gasteiger partial charge >= 0.3 is 18.3 Å². The lowest BCUT2D eigenvalue weighted by Crippen LogP contribution is -2.31. The minimum Gasteiger partial charge on any atom is -0.478 e. The first kappa shape index (κ1) is 26.0. The molecule has 0 saturated carbocycles. The largest absolute Gasteiger partial charge is 0.478 e. The van der Waals surface area contributed by atoms with E-state index in [4.69, 9.17) is 5.11 Å². The molecule has 0 radical (unpaired) electrons. The number of carbonyl (C=O) groups is 2. The Labute approximate surface area is 205 Å². The van der Waals surface area contributed by atoms with Crippen LogP contribution < -0.4 is 10.2 Å². The highest BCUT2D eigenvalue weighted by Crippen LogP contribution is 2.39. The van der Waals surface area contributed by atoms with E-state index in [1.54, 1.807) is 0 Å². The molecule has 1 atom stereocenters. The van der Waals surface area contributed by atoms with Crippen LogP contribution in [0.2, 0.25) is 0 Å². The summed E-state index contributed by atoms with van der Waals surface area (Å²) in [6.07, 6.45) is -8.52. The van der Waals surface area contributed by atoms with Crippen LogP contribution >= 0.6 is 0 Å². The van der Waals surface area contributed by atoms with Crippen LogP contribution in [0, 0.1) is 0 Å². The van der Waals surface area contributed by atoms with Gasteiger partial charge in [-0.3, -0.25) is 9.78 Å². The van der Waals surface area contributed by atoms with Crippen molar-refractivity contribution >= 4 is 17.7 Å². The van der Waals surface area contributed by atoms with Gasteiger partial charge in [-0.15, -0.1) is 0 Å². The number of carbonyl (C=O) groups excluding carboxylic acids is 1. The second-order valence-corrected chi connectivity index (χ2v) is 8.36. The summed E-state index contributed by atoms with van der Waals surface area (Å²) in [4.78, 5) is 29.4. The molecule has 0 spiro atoms. The van der Waals surface area contributed by atoms with E-state index in [9.17, 15) is 35.9 Å². The second-order valence-electron chi connectivity index (χ2n) is 8.36. The molecule has 8 nitrogen and oxygen atoms in total. The number of alkyl halides is 6. The average Bonchev–Trinajstić information content (AvgIpc) is 3.39. The summed E-state index contributed by atoms with van der Waals surface area (Å²) in [5.74, 6) is -2.49. The molecule has 0 aliphatic carbocycles.